The summed E-state index contributed by atoms with van der Waals surface area (Å²) in [4.78, 5) is 14.8. The van der Waals surface area contributed by atoms with Gasteiger partial charge in [0.1, 0.15) is 11.9 Å². The molecule has 0 bridgehead atoms. The molecule has 0 aliphatic rings. The van der Waals surface area contributed by atoms with Crippen LogP contribution in [-0.4, -0.2) is 14.5 Å². The minimum absolute atomic E-state index is 0.0997. The molecule has 6 nitrogen and oxygen atoms in total. The van der Waals surface area contributed by atoms with Gasteiger partial charge in [-0.1, -0.05) is 12.1 Å². The van der Waals surface area contributed by atoms with Crippen LogP contribution in [0.3, 0.4) is 0 Å². The number of fused-ring (bicyclic) bond motifs is 1. The van der Waals surface area contributed by atoms with Crippen molar-refractivity contribution in [3.8, 4) is 11.8 Å². The molecule has 0 saturated carbocycles. The van der Waals surface area contributed by atoms with Gasteiger partial charge in [0, 0.05) is 12.1 Å². The number of nitriles is 1. The van der Waals surface area contributed by atoms with Crippen molar-refractivity contribution < 1.29 is 4.92 Å². The van der Waals surface area contributed by atoms with E-state index in [1.165, 1.54) is 12.1 Å². The third kappa shape index (κ3) is 2.01. The molecule has 0 aliphatic carbocycles. The molecule has 0 unspecified atom stereocenters. The van der Waals surface area contributed by atoms with Crippen LogP contribution < -0.4 is 0 Å². The molecule has 0 fully saturated rings. The van der Waals surface area contributed by atoms with E-state index in [-0.39, 0.29) is 11.3 Å². The fraction of sp³-hybridized carbons (Fsp3) is 0.0667. The van der Waals surface area contributed by atoms with E-state index in [0.29, 0.717) is 5.69 Å². The number of benzene rings is 2. The highest BCUT2D eigenvalue weighted by atomic mass is 16.6. The Morgan fingerprint density at radius 1 is 1.29 bits per heavy atom. The third-order valence-electron chi connectivity index (χ3n) is 3.28. The average molecular weight is 278 g/mol. The van der Waals surface area contributed by atoms with Gasteiger partial charge in [-0.3, -0.25) is 14.7 Å². The number of rotatable bonds is 2. The summed E-state index contributed by atoms with van der Waals surface area (Å²) >= 11 is 0. The third-order valence-corrected chi connectivity index (χ3v) is 3.28. The van der Waals surface area contributed by atoms with Crippen LogP contribution in [0.4, 0.5) is 5.69 Å². The van der Waals surface area contributed by atoms with Crippen LogP contribution in [0.1, 0.15) is 11.4 Å². The van der Waals surface area contributed by atoms with E-state index < -0.39 is 4.92 Å². The van der Waals surface area contributed by atoms with Crippen LogP contribution in [0.15, 0.2) is 42.5 Å². The van der Waals surface area contributed by atoms with Crippen molar-refractivity contribution in [3.63, 3.8) is 0 Å². The minimum Gasteiger partial charge on any atom is -0.295 e. The Morgan fingerprint density at radius 2 is 2.05 bits per heavy atom. The maximum Gasteiger partial charge on any atom is 0.270 e. The largest absolute Gasteiger partial charge is 0.295 e. The molecule has 1 aromatic heterocycles. The summed E-state index contributed by atoms with van der Waals surface area (Å²) in [5.41, 5.74) is 2.42. The number of nitro groups is 1. The van der Waals surface area contributed by atoms with E-state index in [0.717, 1.165) is 16.9 Å². The summed E-state index contributed by atoms with van der Waals surface area (Å²) in [6.45, 7) is 1.84. The van der Waals surface area contributed by atoms with Crippen LogP contribution in [0.2, 0.25) is 0 Å². The summed E-state index contributed by atoms with van der Waals surface area (Å²) in [5, 5.41) is 20.1. The van der Waals surface area contributed by atoms with E-state index in [2.05, 4.69) is 4.98 Å². The smallest absolute Gasteiger partial charge is 0.270 e. The van der Waals surface area contributed by atoms with Gasteiger partial charge in [0.2, 0.25) is 0 Å². The van der Waals surface area contributed by atoms with Gasteiger partial charge in [-0.05, 0) is 25.1 Å². The average Bonchev–Trinajstić information content (AvgIpc) is 2.82. The first-order chi connectivity index (χ1) is 10.1. The Morgan fingerprint density at radius 3 is 2.76 bits per heavy atom. The van der Waals surface area contributed by atoms with Crippen molar-refractivity contribution in [3.05, 3.63) is 64.0 Å². The number of nitro benzene ring substituents is 1. The first kappa shape index (κ1) is 12.8. The van der Waals surface area contributed by atoms with Crippen LogP contribution in [0, 0.1) is 28.4 Å². The molecule has 6 heteroatoms. The molecular formula is C15H10N4O2. The monoisotopic (exact) mass is 278 g/mol. The Labute approximate surface area is 120 Å². The normalized spacial score (nSPS) is 10.5. The molecule has 0 saturated heterocycles. The van der Waals surface area contributed by atoms with Crippen LogP contribution >= 0.6 is 0 Å². The molecule has 0 amide bonds. The Hall–Kier alpha value is -3.20. The van der Waals surface area contributed by atoms with Crippen LogP contribution in [-0.2, 0) is 0 Å². The fourth-order valence-electron chi connectivity index (χ4n) is 2.37. The molecule has 21 heavy (non-hydrogen) atoms. The molecule has 3 aromatic rings. The standard InChI is InChI=1S/C15H10N4O2/c1-10-17-13-4-2-3-5-15(13)18(10)14-7-6-12(19(20)21)8-11(14)9-16/h2-8H,1H3. The molecule has 0 N–H and O–H groups in total. The predicted octanol–water partition coefficient (Wildman–Crippen LogP) is 3.11. The van der Waals surface area contributed by atoms with Crippen molar-refractivity contribution in [2.45, 2.75) is 6.92 Å². The number of non-ortho nitro benzene ring substituents is 1. The van der Waals surface area contributed by atoms with Crippen molar-refractivity contribution in [1.29, 1.82) is 5.26 Å². The zero-order valence-corrected chi connectivity index (χ0v) is 11.1. The number of hydrogen-bond donors (Lipinski definition) is 0. The summed E-state index contributed by atoms with van der Waals surface area (Å²) in [6, 6.07) is 13.8. The second-order valence-electron chi connectivity index (χ2n) is 4.55. The van der Waals surface area contributed by atoms with E-state index in [1.807, 2.05) is 41.8 Å². The van der Waals surface area contributed by atoms with Gasteiger partial charge in [0.15, 0.2) is 0 Å². The highest BCUT2D eigenvalue weighted by molar-refractivity contribution is 5.79. The lowest BCUT2D eigenvalue weighted by atomic mass is 10.1. The molecule has 2 aromatic carbocycles. The van der Waals surface area contributed by atoms with Gasteiger partial charge >= 0.3 is 0 Å². The van der Waals surface area contributed by atoms with E-state index in [4.69, 9.17) is 0 Å². The van der Waals surface area contributed by atoms with Gasteiger partial charge in [0.05, 0.1) is 27.2 Å². The highest BCUT2D eigenvalue weighted by Crippen LogP contribution is 2.26. The zero-order chi connectivity index (χ0) is 15.0. The van der Waals surface area contributed by atoms with Crippen molar-refractivity contribution in [1.82, 2.24) is 9.55 Å². The van der Waals surface area contributed by atoms with Gasteiger partial charge < -0.3 is 0 Å². The highest BCUT2D eigenvalue weighted by Gasteiger charge is 2.15. The van der Waals surface area contributed by atoms with Crippen molar-refractivity contribution in [2.75, 3.05) is 0 Å². The number of nitrogens with zero attached hydrogens (tertiary/aromatic N) is 4. The number of aromatic nitrogens is 2. The molecule has 0 aliphatic heterocycles. The molecule has 1 heterocycles. The van der Waals surface area contributed by atoms with Crippen molar-refractivity contribution >= 4 is 16.7 Å². The first-order valence-corrected chi connectivity index (χ1v) is 6.25. The Bertz CT molecular complexity index is 906. The van der Waals surface area contributed by atoms with Gasteiger partial charge in [-0.15, -0.1) is 0 Å². The molecule has 0 atom stereocenters. The summed E-state index contributed by atoms with van der Waals surface area (Å²) in [7, 11) is 0. The zero-order valence-electron chi connectivity index (χ0n) is 11.1. The maximum atomic E-state index is 10.8. The van der Waals surface area contributed by atoms with Crippen LogP contribution in [0.5, 0.6) is 0 Å². The lowest BCUT2D eigenvalue weighted by Crippen LogP contribution is -2.01. The maximum absolute atomic E-state index is 10.8. The molecular weight excluding hydrogens is 268 g/mol. The van der Waals surface area contributed by atoms with Crippen LogP contribution in [0.25, 0.3) is 16.7 Å². The second-order valence-corrected chi connectivity index (χ2v) is 4.55. The van der Waals surface area contributed by atoms with E-state index in [1.54, 1.807) is 6.07 Å². The van der Waals surface area contributed by atoms with Gasteiger partial charge in [-0.2, -0.15) is 5.26 Å². The topological polar surface area (TPSA) is 84.8 Å². The Balaban J connectivity index is 2.31. The van der Waals surface area contributed by atoms with Gasteiger partial charge in [0.25, 0.3) is 5.69 Å². The molecule has 3 rings (SSSR count). The summed E-state index contributed by atoms with van der Waals surface area (Å²) in [6.07, 6.45) is 0. The molecule has 102 valence electrons. The fourth-order valence-corrected chi connectivity index (χ4v) is 2.37. The SMILES string of the molecule is Cc1nc2ccccc2n1-c1ccc([N+](=O)[O-])cc1C#N. The minimum atomic E-state index is -0.510. The van der Waals surface area contributed by atoms with E-state index in [9.17, 15) is 15.4 Å². The lowest BCUT2D eigenvalue weighted by molar-refractivity contribution is -0.384. The summed E-state index contributed by atoms with van der Waals surface area (Å²) in [5.74, 6) is 0.724. The van der Waals surface area contributed by atoms with Crippen molar-refractivity contribution in [2.24, 2.45) is 0 Å². The quantitative estimate of drug-likeness (QED) is 0.532. The van der Waals surface area contributed by atoms with Gasteiger partial charge in [-0.25, -0.2) is 4.98 Å². The molecule has 0 spiro atoms. The number of aryl methyl sites for hydroxylation is 1. The lowest BCUT2D eigenvalue weighted by Gasteiger charge is -2.08. The number of imidazole rings is 1. The second kappa shape index (κ2) is 4.72. The van der Waals surface area contributed by atoms with E-state index >= 15 is 0 Å². The predicted molar refractivity (Wildman–Crippen MR) is 77.2 cm³/mol. The number of para-hydroxylation sites is 2. The Kier molecular flexibility index (Phi) is 2.88. The first-order valence-electron chi connectivity index (χ1n) is 6.25. The number of hydrogen-bond acceptors (Lipinski definition) is 4. The molecule has 0 radical (unpaired) electrons. The summed E-state index contributed by atoms with van der Waals surface area (Å²) < 4.78 is 1.83.